The standard InChI is InChI=1S/C14H21N5O/c1-11-9-17-18(10-11)7-4-5-16-14(20)12(2)19-8-6-15-13(19)3/h6,8-10,12H,4-5,7H2,1-3H3,(H,16,20). The molecular formula is C14H21N5O. The molecule has 1 atom stereocenters. The molecule has 0 fully saturated rings. The van der Waals surface area contributed by atoms with Crippen LogP contribution in [0, 0.1) is 13.8 Å². The number of imidazole rings is 1. The predicted molar refractivity (Wildman–Crippen MR) is 76.3 cm³/mol. The Balaban J connectivity index is 1.74. The third-order valence-electron chi connectivity index (χ3n) is 3.28. The van der Waals surface area contributed by atoms with Gasteiger partial charge in [0.05, 0.1) is 6.20 Å². The summed E-state index contributed by atoms with van der Waals surface area (Å²) in [7, 11) is 0. The molecule has 20 heavy (non-hydrogen) atoms. The summed E-state index contributed by atoms with van der Waals surface area (Å²) >= 11 is 0. The number of hydrogen-bond acceptors (Lipinski definition) is 3. The number of carbonyl (C=O) groups excluding carboxylic acids is 1. The Bertz CT molecular complexity index is 572. The first-order valence-electron chi connectivity index (χ1n) is 6.84. The van der Waals surface area contributed by atoms with Crippen molar-refractivity contribution in [1.29, 1.82) is 0 Å². The van der Waals surface area contributed by atoms with Gasteiger partial charge in [0.25, 0.3) is 0 Å². The van der Waals surface area contributed by atoms with Gasteiger partial charge in [-0.25, -0.2) is 4.98 Å². The molecule has 0 aliphatic rings. The molecule has 108 valence electrons. The smallest absolute Gasteiger partial charge is 0.242 e. The molecule has 6 heteroatoms. The van der Waals surface area contributed by atoms with Crippen LogP contribution in [0.5, 0.6) is 0 Å². The molecule has 1 N–H and O–H groups in total. The van der Waals surface area contributed by atoms with Crippen molar-refractivity contribution in [3.05, 3.63) is 36.2 Å². The van der Waals surface area contributed by atoms with E-state index in [2.05, 4.69) is 15.4 Å². The molecule has 0 saturated carbocycles. The average Bonchev–Trinajstić information content (AvgIpc) is 3.02. The number of amides is 1. The Labute approximate surface area is 118 Å². The van der Waals surface area contributed by atoms with Crippen molar-refractivity contribution in [3.8, 4) is 0 Å². The Morgan fingerprint density at radius 1 is 1.45 bits per heavy atom. The highest BCUT2D eigenvalue weighted by Gasteiger charge is 2.15. The van der Waals surface area contributed by atoms with Crippen LogP contribution in [0.4, 0.5) is 0 Å². The monoisotopic (exact) mass is 275 g/mol. The Kier molecular flexibility index (Phi) is 4.55. The molecule has 2 heterocycles. The molecule has 6 nitrogen and oxygen atoms in total. The lowest BCUT2D eigenvalue weighted by atomic mass is 10.3. The molecule has 0 saturated heterocycles. The van der Waals surface area contributed by atoms with Crippen LogP contribution in [0.15, 0.2) is 24.8 Å². The van der Waals surface area contributed by atoms with Gasteiger partial charge in [0.2, 0.25) is 5.91 Å². The summed E-state index contributed by atoms with van der Waals surface area (Å²) in [6, 6.07) is -0.232. The average molecular weight is 275 g/mol. The molecule has 0 radical (unpaired) electrons. The van der Waals surface area contributed by atoms with E-state index in [1.807, 2.05) is 48.6 Å². The summed E-state index contributed by atoms with van der Waals surface area (Å²) in [6.07, 6.45) is 8.23. The van der Waals surface area contributed by atoms with Gasteiger partial charge >= 0.3 is 0 Å². The minimum absolute atomic E-state index is 0.0164. The summed E-state index contributed by atoms with van der Waals surface area (Å²) in [5, 5.41) is 7.16. The second-order valence-corrected chi connectivity index (χ2v) is 4.98. The van der Waals surface area contributed by atoms with E-state index in [1.54, 1.807) is 6.20 Å². The summed E-state index contributed by atoms with van der Waals surface area (Å²) < 4.78 is 3.76. The second-order valence-electron chi connectivity index (χ2n) is 4.98. The van der Waals surface area contributed by atoms with E-state index in [4.69, 9.17) is 0 Å². The van der Waals surface area contributed by atoms with Gasteiger partial charge in [0, 0.05) is 31.7 Å². The number of aryl methyl sites for hydroxylation is 3. The van der Waals surface area contributed by atoms with E-state index < -0.39 is 0 Å². The van der Waals surface area contributed by atoms with Crippen molar-refractivity contribution < 1.29 is 4.79 Å². The van der Waals surface area contributed by atoms with Crippen LogP contribution in [-0.2, 0) is 11.3 Å². The maximum atomic E-state index is 12.0. The first-order valence-corrected chi connectivity index (χ1v) is 6.84. The van der Waals surface area contributed by atoms with Crippen LogP contribution in [0.2, 0.25) is 0 Å². The SMILES string of the molecule is Cc1cnn(CCCNC(=O)C(C)n2ccnc2C)c1. The summed E-state index contributed by atoms with van der Waals surface area (Å²) in [6.45, 7) is 7.24. The summed E-state index contributed by atoms with van der Waals surface area (Å²) in [5.74, 6) is 0.863. The zero-order valence-corrected chi connectivity index (χ0v) is 12.2. The number of nitrogens with one attached hydrogen (secondary N) is 1. The largest absolute Gasteiger partial charge is 0.354 e. The van der Waals surface area contributed by atoms with E-state index in [9.17, 15) is 4.79 Å². The van der Waals surface area contributed by atoms with Crippen molar-refractivity contribution in [3.63, 3.8) is 0 Å². The van der Waals surface area contributed by atoms with Crippen LogP contribution in [0.1, 0.15) is 30.8 Å². The lowest BCUT2D eigenvalue weighted by Crippen LogP contribution is -2.32. The first-order chi connectivity index (χ1) is 9.58. The van der Waals surface area contributed by atoms with Crippen molar-refractivity contribution in [2.24, 2.45) is 0 Å². The maximum absolute atomic E-state index is 12.0. The fraction of sp³-hybridized carbons (Fsp3) is 0.500. The van der Waals surface area contributed by atoms with Gasteiger partial charge in [-0.2, -0.15) is 5.10 Å². The quantitative estimate of drug-likeness (QED) is 0.812. The van der Waals surface area contributed by atoms with Gasteiger partial charge in [-0.1, -0.05) is 0 Å². The highest BCUT2D eigenvalue weighted by molar-refractivity contribution is 5.79. The molecule has 1 amide bonds. The topological polar surface area (TPSA) is 64.7 Å². The van der Waals surface area contributed by atoms with Gasteiger partial charge < -0.3 is 9.88 Å². The van der Waals surface area contributed by atoms with Crippen molar-refractivity contribution in [2.75, 3.05) is 6.54 Å². The number of hydrogen-bond donors (Lipinski definition) is 1. The Morgan fingerprint density at radius 3 is 2.85 bits per heavy atom. The first kappa shape index (κ1) is 14.3. The van der Waals surface area contributed by atoms with Crippen molar-refractivity contribution in [2.45, 2.75) is 39.8 Å². The number of nitrogens with zero attached hydrogens (tertiary/aromatic N) is 4. The van der Waals surface area contributed by atoms with Crippen LogP contribution in [0.3, 0.4) is 0 Å². The van der Waals surface area contributed by atoms with Gasteiger partial charge in [0.15, 0.2) is 0 Å². The predicted octanol–water partition coefficient (Wildman–Crippen LogP) is 1.46. The highest BCUT2D eigenvalue weighted by Crippen LogP contribution is 2.08. The molecule has 0 aliphatic carbocycles. The Hall–Kier alpha value is -2.11. The molecule has 0 aliphatic heterocycles. The molecule has 2 aromatic heterocycles. The van der Waals surface area contributed by atoms with E-state index in [0.717, 1.165) is 24.4 Å². The fourth-order valence-electron chi connectivity index (χ4n) is 2.11. The number of rotatable bonds is 6. The van der Waals surface area contributed by atoms with Gasteiger partial charge in [-0.3, -0.25) is 9.48 Å². The zero-order chi connectivity index (χ0) is 14.5. The van der Waals surface area contributed by atoms with E-state index in [0.29, 0.717) is 6.54 Å². The number of aromatic nitrogens is 4. The lowest BCUT2D eigenvalue weighted by Gasteiger charge is -2.15. The van der Waals surface area contributed by atoms with E-state index in [-0.39, 0.29) is 11.9 Å². The lowest BCUT2D eigenvalue weighted by molar-refractivity contribution is -0.123. The van der Waals surface area contributed by atoms with Gasteiger partial charge in [-0.05, 0) is 32.8 Å². The minimum Gasteiger partial charge on any atom is -0.354 e. The minimum atomic E-state index is -0.232. The third-order valence-corrected chi connectivity index (χ3v) is 3.28. The van der Waals surface area contributed by atoms with Crippen LogP contribution < -0.4 is 5.32 Å². The Morgan fingerprint density at radius 2 is 2.25 bits per heavy atom. The molecule has 1 unspecified atom stereocenters. The molecule has 0 aromatic carbocycles. The highest BCUT2D eigenvalue weighted by atomic mass is 16.2. The number of carbonyl (C=O) groups is 1. The van der Waals surface area contributed by atoms with E-state index in [1.165, 1.54) is 0 Å². The third kappa shape index (κ3) is 3.46. The van der Waals surface area contributed by atoms with E-state index >= 15 is 0 Å². The van der Waals surface area contributed by atoms with Crippen LogP contribution in [0.25, 0.3) is 0 Å². The zero-order valence-electron chi connectivity index (χ0n) is 12.2. The van der Waals surface area contributed by atoms with Crippen molar-refractivity contribution >= 4 is 5.91 Å². The second kappa shape index (κ2) is 6.36. The molecule has 0 bridgehead atoms. The molecular weight excluding hydrogens is 254 g/mol. The summed E-state index contributed by atoms with van der Waals surface area (Å²) in [4.78, 5) is 16.2. The van der Waals surface area contributed by atoms with Gasteiger partial charge in [-0.15, -0.1) is 0 Å². The summed E-state index contributed by atoms with van der Waals surface area (Å²) in [5.41, 5.74) is 1.15. The molecule has 0 spiro atoms. The fourth-order valence-corrected chi connectivity index (χ4v) is 2.11. The molecule has 2 rings (SSSR count). The van der Waals surface area contributed by atoms with Crippen LogP contribution >= 0.6 is 0 Å². The van der Waals surface area contributed by atoms with Crippen molar-refractivity contribution in [1.82, 2.24) is 24.6 Å². The normalized spacial score (nSPS) is 12.3. The van der Waals surface area contributed by atoms with Gasteiger partial charge in [0.1, 0.15) is 11.9 Å². The maximum Gasteiger partial charge on any atom is 0.242 e. The molecule has 2 aromatic rings. The van der Waals surface area contributed by atoms with Crippen LogP contribution in [-0.4, -0.2) is 31.8 Å².